The molecule has 3 heteroatoms. The van der Waals surface area contributed by atoms with Gasteiger partial charge in [0.25, 0.3) is 0 Å². The van der Waals surface area contributed by atoms with Gasteiger partial charge >= 0.3 is 0 Å². The third-order valence-corrected chi connectivity index (χ3v) is 5.56. The lowest BCUT2D eigenvalue weighted by atomic mass is 9.86. The number of benzene rings is 3. The fourth-order valence-corrected chi connectivity index (χ4v) is 3.96. The third-order valence-electron chi connectivity index (χ3n) is 5.56. The van der Waals surface area contributed by atoms with Gasteiger partial charge in [0.15, 0.2) is 0 Å². The molecule has 0 aromatic heterocycles. The van der Waals surface area contributed by atoms with E-state index in [2.05, 4.69) is 59.5 Å². The lowest BCUT2D eigenvalue weighted by Crippen LogP contribution is -2.59. The average Bonchev–Trinajstić information content (AvgIpc) is 2.76. The Balaban J connectivity index is 1.40. The quantitative estimate of drug-likeness (QED) is 0.639. The number of likely N-dealkylation sites (tertiary alicyclic amines) is 1. The summed E-state index contributed by atoms with van der Waals surface area (Å²) in [5, 5.41) is 10.9. The van der Waals surface area contributed by atoms with Crippen molar-refractivity contribution in [3.63, 3.8) is 0 Å². The highest BCUT2D eigenvalue weighted by atomic mass is 16.5. The van der Waals surface area contributed by atoms with Crippen LogP contribution in [-0.4, -0.2) is 36.8 Å². The smallest absolute Gasteiger partial charge is 0.118 e. The second kappa shape index (κ2) is 8.64. The van der Waals surface area contributed by atoms with Crippen LogP contribution in [0.15, 0.2) is 91.0 Å². The summed E-state index contributed by atoms with van der Waals surface area (Å²) >= 11 is 0. The molecule has 0 saturated carbocycles. The van der Waals surface area contributed by atoms with Crippen LogP contribution in [-0.2, 0) is 5.60 Å². The SMILES string of the molecule is COc1ccc(C2(O)CN(CCC=C(c3ccccc3)c3ccccc3)C2)cc1. The number of aliphatic hydroxyl groups is 1. The van der Waals surface area contributed by atoms with Gasteiger partial charge in [-0.3, -0.25) is 4.90 Å². The Morgan fingerprint density at radius 3 is 1.97 bits per heavy atom. The Hall–Kier alpha value is -2.88. The molecule has 0 aliphatic carbocycles. The molecule has 1 heterocycles. The maximum absolute atomic E-state index is 10.9. The van der Waals surface area contributed by atoms with Gasteiger partial charge < -0.3 is 9.84 Å². The first-order valence-corrected chi connectivity index (χ1v) is 10.1. The van der Waals surface area contributed by atoms with Crippen molar-refractivity contribution in [3.05, 3.63) is 108 Å². The Morgan fingerprint density at radius 1 is 0.897 bits per heavy atom. The van der Waals surface area contributed by atoms with E-state index >= 15 is 0 Å². The lowest BCUT2D eigenvalue weighted by Gasteiger charge is -2.47. The zero-order chi connectivity index (χ0) is 20.1. The molecule has 1 fully saturated rings. The van der Waals surface area contributed by atoms with Crippen LogP contribution in [0.4, 0.5) is 0 Å². The van der Waals surface area contributed by atoms with Gasteiger partial charge in [-0.2, -0.15) is 0 Å². The summed E-state index contributed by atoms with van der Waals surface area (Å²) in [4.78, 5) is 2.30. The van der Waals surface area contributed by atoms with E-state index in [0.29, 0.717) is 13.1 Å². The molecule has 148 valence electrons. The van der Waals surface area contributed by atoms with E-state index in [-0.39, 0.29) is 0 Å². The van der Waals surface area contributed by atoms with Gasteiger partial charge in [0, 0.05) is 19.6 Å². The highest BCUT2D eigenvalue weighted by molar-refractivity contribution is 5.79. The predicted molar refractivity (Wildman–Crippen MR) is 118 cm³/mol. The summed E-state index contributed by atoms with van der Waals surface area (Å²) in [7, 11) is 1.65. The Kier molecular flexibility index (Phi) is 5.79. The largest absolute Gasteiger partial charge is 0.497 e. The summed E-state index contributed by atoms with van der Waals surface area (Å²) in [6.45, 7) is 2.26. The second-order valence-corrected chi connectivity index (χ2v) is 7.61. The Labute approximate surface area is 172 Å². The standard InChI is InChI=1S/C26H27NO2/c1-29-24-16-14-23(15-17-24)26(28)19-27(20-26)18-8-13-25(21-9-4-2-5-10-21)22-11-6-3-7-12-22/h2-7,9-17,28H,8,18-20H2,1H3. The minimum Gasteiger partial charge on any atom is -0.497 e. The molecule has 0 radical (unpaired) electrons. The van der Waals surface area contributed by atoms with E-state index < -0.39 is 5.60 Å². The first-order chi connectivity index (χ1) is 14.2. The molecule has 4 rings (SSSR count). The summed E-state index contributed by atoms with van der Waals surface area (Å²) in [6, 6.07) is 28.8. The molecule has 1 saturated heterocycles. The zero-order valence-corrected chi connectivity index (χ0v) is 16.8. The van der Waals surface area contributed by atoms with Crippen molar-refractivity contribution in [2.45, 2.75) is 12.0 Å². The number of nitrogens with zero attached hydrogens (tertiary/aromatic N) is 1. The molecule has 0 bridgehead atoms. The minimum atomic E-state index is -0.752. The molecular formula is C26H27NO2. The molecule has 3 nitrogen and oxygen atoms in total. The van der Waals surface area contributed by atoms with Crippen LogP contribution in [0.3, 0.4) is 0 Å². The van der Waals surface area contributed by atoms with Gasteiger partial charge in [0.2, 0.25) is 0 Å². The van der Waals surface area contributed by atoms with E-state index in [9.17, 15) is 5.11 Å². The van der Waals surface area contributed by atoms with Crippen LogP contribution in [0.25, 0.3) is 5.57 Å². The van der Waals surface area contributed by atoms with Crippen LogP contribution in [0.1, 0.15) is 23.1 Å². The van der Waals surface area contributed by atoms with E-state index in [0.717, 1.165) is 24.3 Å². The molecule has 29 heavy (non-hydrogen) atoms. The van der Waals surface area contributed by atoms with Crippen molar-refractivity contribution in [2.24, 2.45) is 0 Å². The molecule has 1 aliphatic heterocycles. The van der Waals surface area contributed by atoms with Crippen LogP contribution < -0.4 is 4.74 Å². The number of methoxy groups -OCH3 is 1. The maximum atomic E-state index is 10.9. The van der Waals surface area contributed by atoms with Crippen molar-refractivity contribution >= 4 is 5.57 Å². The van der Waals surface area contributed by atoms with Gasteiger partial charge in [-0.15, -0.1) is 0 Å². The van der Waals surface area contributed by atoms with Gasteiger partial charge in [0.1, 0.15) is 11.4 Å². The normalized spacial score (nSPS) is 15.4. The third kappa shape index (κ3) is 4.42. The Morgan fingerprint density at radius 2 is 1.45 bits per heavy atom. The van der Waals surface area contributed by atoms with Crippen molar-refractivity contribution in [1.82, 2.24) is 4.90 Å². The number of hydrogen-bond acceptors (Lipinski definition) is 3. The van der Waals surface area contributed by atoms with Crippen molar-refractivity contribution in [2.75, 3.05) is 26.7 Å². The number of ether oxygens (including phenoxy) is 1. The molecule has 0 unspecified atom stereocenters. The number of hydrogen-bond donors (Lipinski definition) is 1. The fraction of sp³-hybridized carbons (Fsp3) is 0.231. The molecule has 1 N–H and O–H groups in total. The minimum absolute atomic E-state index is 0.666. The van der Waals surface area contributed by atoms with E-state index in [1.165, 1.54) is 16.7 Å². The van der Waals surface area contributed by atoms with Gasteiger partial charge in [-0.25, -0.2) is 0 Å². The monoisotopic (exact) mass is 385 g/mol. The van der Waals surface area contributed by atoms with Crippen molar-refractivity contribution < 1.29 is 9.84 Å². The number of β-amino-alcohol motifs (C(OH)–C–C–N with tert-alkyl or cyclic N) is 1. The predicted octanol–water partition coefficient (Wildman–Crippen LogP) is 4.72. The topological polar surface area (TPSA) is 32.7 Å². The van der Waals surface area contributed by atoms with Crippen LogP contribution >= 0.6 is 0 Å². The van der Waals surface area contributed by atoms with Gasteiger partial charge in [-0.1, -0.05) is 78.9 Å². The first-order valence-electron chi connectivity index (χ1n) is 10.1. The zero-order valence-electron chi connectivity index (χ0n) is 16.8. The van der Waals surface area contributed by atoms with E-state index in [1.54, 1.807) is 7.11 Å². The van der Waals surface area contributed by atoms with Crippen molar-refractivity contribution in [1.29, 1.82) is 0 Å². The molecule has 0 spiro atoms. The van der Waals surface area contributed by atoms with Gasteiger partial charge in [-0.05, 0) is 40.8 Å². The van der Waals surface area contributed by atoms with Gasteiger partial charge in [0.05, 0.1) is 7.11 Å². The van der Waals surface area contributed by atoms with Crippen LogP contribution in [0.5, 0.6) is 5.75 Å². The second-order valence-electron chi connectivity index (χ2n) is 7.61. The highest BCUT2D eigenvalue weighted by Crippen LogP contribution is 2.33. The summed E-state index contributed by atoms with van der Waals surface area (Å²) < 4.78 is 5.20. The first kappa shape index (κ1) is 19.4. The summed E-state index contributed by atoms with van der Waals surface area (Å²) in [6.07, 6.45) is 3.26. The fourth-order valence-electron chi connectivity index (χ4n) is 3.96. The van der Waals surface area contributed by atoms with Crippen molar-refractivity contribution in [3.8, 4) is 5.75 Å². The number of rotatable bonds is 7. The van der Waals surface area contributed by atoms with Crippen LogP contribution in [0, 0.1) is 0 Å². The molecule has 1 aliphatic rings. The summed E-state index contributed by atoms with van der Waals surface area (Å²) in [5.41, 5.74) is 3.93. The van der Waals surface area contributed by atoms with E-state index in [4.69, 9.17) is 4.74 Å². The molecule has 3 aromatic carbocycles. The Bertz CT molecular complexity index is 902. The average molecular weight is 386 g/mol. The maximum Gasteiger partial charge on any atom is 0.118 e. The highest BCUT2D eigenvalue weighted by Gasteiger charge is 2.41. The lowest BCUT2D eigenvalue weighted by molar-refractivity contribution is -0.103. The van der Waals surface area contributed by atoms with Crippen LogP contribution in [0.2, 0.25) is 0 Å². The molecule has 0 amide bonds. The molecule has 3 aromatic rings. The molecular weight excluding hydrogens is 358 g/mol. The van der Waals surface area contributed by atoms with E-state index in [1.807, 2.05) is 36.4 Å². The summed E-state index contributed by atoms with van der Waals surface area (Å²) in [5.74, 6) is 0.813. The molecule has 0 atom stereocenters.